The van der Waals surface area contributed by atoms with E-state index in [-0.39, 0.29) is 5.91 Å². The molecule has 24 heavy (non-hydrogen) atoms. The molecule has 0 saturated carbocycles. The maximum absolute atomic E-state index is 12.0. The van der Waals surface area contributed by atoms with Gasteiger partial charge in [0.25, 0.3) is 5.91 Å². The van der Waals surface area contributed by atoms with E-state index in [9.17, 15) is 9.59 Å². The predicted octanol–water partition coefficient (Wildman–Crippen LogP) is 2.72. The van der Waals surface area contributed by atoms with E-state index in [4.69, 9.17) is 10.5 Å². The van der Waals surface area contributed by atoms with Gasteiger partial charge in [-0.05, 0) is 47.9 Å². The number of nitrogens with two attached hydrogens (primary N) is 1. The molecule has 0 atom stereocenters. The molecule has 5 nitrogen and oxygen atoms in total. The molecule has 0 unspecified atom stereocenters. The molecule has 2 amide bonds. The van der Waals surface area contributed by atoms with E-state index in [0.717, 1.165) is 5.75 Å². The predicted molar refractivity (Wildman–Crippen MR) is 93.3 cm³/mol. The molecule has 0 aliphatic heterocycles. The monoisotopic (exact) mass is 326 g/mol. The molecule has 0 bridgehead atoms. The first kappa shape index (κ1) is 17.5. The lowest BCUT2D eigenvalue weighted by Crippen LogP contribution is -2.28. The summed E-state index contributed by atoms with van der Waals surface area (Å²) in [5.74, 6) is 0.530. The lowest BCUT2D eigenvalue weighted by atomic mass is 10.0. The van der Waals surface area contributed by atoms with Gasteiger partial charge >= 0.3 is 0 Å². The fourth-order valence-electron chi connectivity index (χ4n) is 2.17. The van der Waals surface area contributed by atoms with Gasteiger partial charge in [0.05, 0.1) is 6.54 Å². The summed E-state index contributed by atoms with van der Waals surface area (Å²) in [5, 5.41) is 2.77. The molecule has 2 aromatic carbocycles. The lowest BCUT2D eigenvalue weighted by Gasteiger charge is -2.10. The van der Waals surface area contributed by atoms with Gasteiger partial charge in [-0.2, -0.15) is 0 Å². The molecule has 2 aromatic rings. The Morgan fingerprint density at radius 1 is 1.00 bits per heavy atom. The van der Waals surface area contributed by atoms with Crippen molar-refractivity contribution in [1.82, 2.24) is 5.32 Å². The van der Waals surface area contributed by atoms with Crippen LogP contribution in [-0.4, -0.2) is 25.0 Å². The second-order valence-corrected chi connectivity index (χ2v) is 5.77. The van der Waals surface area contributed by atoms with Crippen LogP contribution in [0, 0.1) is 0 Å². The standard InChI is InChI=1S/C19H22N2O3/c1-13(2)14-7-9-17(10-8-14)24-12-11-21-19(23)16-5-3-15(4-6-16)18(20)22/h3-10,13H,11-12H2,1-2H3,(H2,20,22)(H,21,23). The van der Waals surface area contributed by atoms with Crippen LogP contribution < -0.4 is 15.8 Å². The van der Waals surface area contributed by atoms with Crippen LogP contribution in [0.2, 0.25) is 0 Å². The van der Waals surface area contributed by atoms with Crippen LogP contribution in [0.3, 0.4) is 0 Å². The highest BCUT2D eigenvalue weighted by Crippen LogP contribution is 2.18. The van der Waals surface area contributed by atoms with Gasteiger partial charge in [-0.25, -0.2) is 0 Å². The Bertz CT molecular complexity index is 692. The van der Waals surface area contributed by atoms with Gasteiger partial charge in [0.15, 0.2) is 0 Å². The van der Waals surface area contributed by atoms with Crippen LogP contribution in [0.4, 0.5) is 0 Å². The highest BCUT2D eigenvalue weighted by Gasteiger charge is 2.06. The Morgan fingerprint density at radius 3 is 2.12 bits per heavy atom. The topological polar surface area (TPSA) is 81.4 Å². The number of carbonyl (C=O) groups excluding carboxylic acids is 2. The number of benzene rings is 2. The Hall–Kier alpha value is -2.82. The quantitative estimate of drug-likeness (QED) is 0.768. The summed E-state index contributed by atoms with van der Waals surface area (Å²) in [6, 6.07) is 14.1. The Balaban J connectivity index is 1.77. The van der Waals surface area contributed by atoms with Crippen molar-refractivity contribution in [3.05, 3.63) is 65.2 Å². The van der Waals surface area contributed by atoms with E-state index in [1.54, 1.807) is 12.1 Å². The van der Waals surface area contributed by atoms with Crippen molar-refractivity contribution < 1.29 is 14.3 Å². The molecule has 0 radical (unpaired) electrons. The van der Waals surface area contributed by atoms with Gasteiger partial charge in [-0.3, -0.25) is 9.59 Å². The summed E-state index contributed by atoms with van der Waals surface area (Å²) < 4.78 is 5.60. The maximum atomic E-state index is 12.0. The van der Waals surface area contributed by atoms with Gasteiger partial charge in [0.1, 0.15) is 12.4 Å². The fraction of sp³-hybridized carbons (Fsp3) is 0.263. The lowest BCUT2D eigenvalue weighted by molar-refractivity contribution is 0.0944. The van der Waals surface area contributed by atoms with E-state index < -0.39 is 5.91 Å². The number of ether oxygens (including phenoxy) is 1. The summed E-state index contributed by atoms with van der Waals surface area (Å²) in [5.41, 5.74) is 7.27. The second-order valence-electron chi connectivity index (χ2n) is 5.77. The Kier molecular flexibility index (Phi) is 5.95. The third-order valence-electron chi connectivity index (χ3n) is 3.63. The van der Waals surface area contributed by atoms with Crippen molar-refractivity contribution >= 4 is 11.8 Å². The van der Waals surface area contributed by atoms with Gasteiger partial charge in [-0.1, -0.05) is 26.0 Å². The minimum atomic E-state index is -0.515. The molecule has 2 rings (SSSR count). The third-order valence-corrected chi connectivity index (χ3v) is 3.63. The van der Waals surface area contributed by atoms with Gasteiger partial charge in [0.2, 0.25) is 5.91 Å². The van der Waals surface area contributed by atoms with Crippen LogP contribution in [-0.2, 0) is 0 Å². The first-order chi connectivity index (χ1) is 11.5. The van der Waals surface area contributed by atoms with Crippen molar-refractivity contribution in [1.29, 1.82) is 0 Å². The number of hydrogen-bond acceptors (Lipinski definition) is 3. The molecule has 126 valence electrons. The molecular weight excluding hydrogens is 304 g/mol. The highest BCUT2D eigenvalue weighted by molar-refractivity contribution is 5.97. The smallest absolute Gasteiger partial charge is 0.251 e. The fourth-order valence-corrected chi connectivity index (χ4v) is 2.17. The zero-order valence-corrected chi connectivity index (χ0v) is 13.9. The normalized spacial score (nSPS) is 10.5. The zero-order chi connectivity index (χ0) is 17.5. The molecule has 0 aliphatic rings. The van der Waals surface area contributed by atoms with Crippen LogP contribution in [0.1, 0.15) is 46.0 Å². The molecule has 3 N–H and O–H groups in total. The SMILES string of the molecule is CC(C)c1ccc(OCCNC(=O)c2ccc(C(N)=O)cc2)cc1. The van der Waals surface area contributed by atoms with Crippen LogP contribution in [0.5, 0.6) is 5.75 Å². The minimum absolute atomic E-state index is 0.218. The van der Waals surface area contributed by atoms with E-state index in [1.165, 1.54) is 17.7 Å². The van der Waals surface area contributed by atoms with Crippen molar-refractivity contribution in [3.63, 3.8) is 0 Å². The number of hydrogen-bond donors (Lipinski definition) is 2. The summed E-state index contributed by atoms with van der Waals surface area (Å²) in [6.07, 6.45) is 0. The molecule has 0 heterocycles. The number of rotatable bonds is 7. The molecule has 0 saturated heterocycles. The Morgan fingerprint density at radius 2 is 1.58 bits per heavy atom. The van der Waals surface area contributed by atoms with Gasteiger partial charge in [0, 0.05) is 11.1 Å². The molecule has 0 spiro atoms. The second kappa shape index (κ2) is 8.15. The first-order valence-electron chi connectivity index (χ1n) is 7.88. The third kappa shape index (κ3) is 4.84. The number of nitrogens with one attached hydrogen (secondary N) is 1. The Labute approximate surface area is 141 Å². The maximum Gasteiger partial charge on any atom is 0.251 e. The van der Waals surface area contributed by atoms with E-state index in [1.807, 2.05) is 24.3 Å². The average Bonchev–Trinajstić information content (AvgIpc) is 2.59. The van der Waals surface area contributed by atoms with Crippen molar-refractivity contribution in [2.24, 2.45) is 5.73 Å². The van der Waals surface area contributed by atoms with Crippen molar-refractivity contribution in [2.75, 3.05) is 13.2 Å². The van der Waals surface area contributed by atoms with Crippen molar-refractivity contribution in [2.45, 2.75) is 19.8 Å². The van der Waals surface area contributed by atoms with Gasteiger partial charge < -0.3 is 15.8 Å². The average molecular weight is 326 g/mol. The number of carbonyl (C=O) groups is 2. The van der Waals surface area contributed by atoms with Crippen LogP contribution >= 0.6 is 0 Å². The van der Waals surface area contributed by atoms with Crippen molar-refractivity contribution in [3.8, 4) is 5.75 Å². The summed E-state index contributed by atoms with van der Waals surface area (Å²) in [4.78, 5) is 23.0. The molecular formula is C19H22N2O3. The zero-order valence-electron chi connectivity index (χ0n) is 13.9. The molecule has 0 aromatic heterocycles. The highest BCUT2D eigenvalue weighted by atomic mass is 16.5. The van der Waals surface area contributed by atoms with E-state index in [0.29, 0.717) is 30.2 Å². The summed E-state index contributed by atoms with van der Waals surface area (Å²) >= 11 is 0. The van der Waals surface area contributed by atoms with Gasteiger partial charge in [-0.15, -0.1) is 0 Å². The largest absolute Gasteiger partial charge is 0.492 e. The van der Waals surface area contributed by atoms with E-state index >= 15 is 0 Å². The summed E-state index contributed by atoms with van der Waals surface area (Å²) in [6.45, 7) is 5.05. The first-order valence-corrected chi connectivity index (χ1v) is 7.88. The molecule has 5 heteroatoms. The van der Waals surface area contributed by atoms with Crippen LogP contribution in [0.15, 0.2) is 48.5 Å². The number of primary amides is 1. The van der Waals surface area contributed by atoms with E-state index in [2.05, 4.69) is 19.2 Å². The molecule has 0 fully saturated rings. The molecule has 0 aliphatic carbocycles. The number of amides is 2. The van der Waals surface area contributed by atoms with Crippen LogP contribution in [0.25, 0.3) is 0 Å². The minimum Gasteiger partial charge on any atom is -0.492 e. The summed E-state index contributed by atoms with van der Waals surface area (Å²) in [7, 11) is 0.